The van der Waals surface area contributed by atoms with E-state index in [-0.39, 0.29) is 5.41 Å². The van der Waals surface area contributed by atoms with Gasteiger partial charge in [0.05, 0.1) is 11.6 Å². The molecular formula is C13H20N4. The first-order valence-corrected chi connectivity index (χ1v) is 5.68. The van der Waals surface area contributed by atoms with Gasteiger partial charge in [-0.1, -0.05) is 13.8 Å². The zero-order chi connectivity index (χ0) is 13.1. The lowest BCUT2D eigenvalue weighted by Gasteiger charge is -2.29. The Morgan fingerprint density at radius 2 is 2.12 bits per heavy atom. The first kappa shape index (κ1) is 13.5. The summed E-state index contributed by atoms with van der Waals surface area (Å²) in [5, 5.41) is 8.93. The van der Waals surface area contributed by atoms with Crippen LogP contribution in [-0.2, 0) is 0 Å². The van der Waals surface area contributed by atoms with Gasteiger partial charge in [-0.2, -0.15) is 5.26 Å². The minimum absolute atomic E-state index is 0.0347. The van der Waals surface area contributed by atoms with Crippen molar-refractivity contribution in [1.29, 1.82) is 5.26 Å². The van der Waals surface area contributed by atoms with Crippen molar-refractivity contribution in [2.24, 2.45) is 11.1 Å². The fourth-order valence-electron chi connectivity index (χ4n) is 1.70. The summed E-state index contributed by atoms with van der Waals surface area (Å²) in [5.41, 5.74) is 7.26. The molecule has 1 heterocycles. The van der Waals surface area contributed by atoms with E-state index in [0.717, 1.165) is 18.1 Å². The number of aryl methyl sites for hydroxylation is 1. The molecule has 1 aromatic rings. The number of nitrogens with two attached hydrogens (primary N) is 1. The summed E-state index contributed by atoms with van der Waals surface area (Å²) in [6.45, 7) is 7.56. The molecule has 0 aliphatic carbocycles. The molecule has 0 spiro atoms. The molecule has 0 amide bonds. The van der Waals surface area contributed by atoms with Gasteiger partial charge in [-0.25, -0.2) is 4.98 Å². The third-order valence-corrected chi connectivity index (χ3v) is 2.68. The fraction of sp³-hybridized carbons (Fsp3) is 0.538. The van der Waals surface area contributed by atoms with E-state index < -0.39 is 0 Å². The van der Waals surface area contributed by atoms with Gasteiger partial charge in [-0.05, 0) is 31.0 Å². The van der Waals surface area contributed by atoms with E-state index in [1.54, 1.807) is 12.1 Å². The monoisotopic (exact) mass is 232 g/mol. The summed E-state index contributed by atoms with van der Waals surface area (Å²) in [4.78, 5) is 6.48. The van der Waals surface area contributed by atoms with Gasteiger partial charge in [-0.15, -0.1) is 0 Å². The van der Waals surface area contributed by atoms with Crippen molar-refractivity contribution in [3.63, 3.8) is 0 Å². The Morgan fingerprint density at radius 3 is 2.65 bits per heavy atom. The van der Waals surface area contributed by atoms with Crippen LogP contribution in [0.4, 0.5) is 5.82 Å². The topological polar surface area (TPSA) is 65.9 Å². The van der Waals surface area contributed by atoms with Gasteiger partial charge in [0.1, 0.15) is 5.82 Å². The van der Waals surface area contributed by atoms with Crippen LogP contribution in [0, 0.1) is 23.7 Å². The van der Waals surface area contributed by atoms with E-state index in [0.29, 0.717) is 12.1 Å². The Kier molecular flexibility index (Phi) is 4.08. The third-order valence-electron chi connectivity index (χ3n) is 2.68. The summed E-state index contributed by atoms with van der Waals surface area (Å²) in [5.74, 6) is 0.822. The van der Waals surface area contributed by atoms with Gasteiger partial charge in [0.2, 0.25) is 0 Å². The Morgan fingerprint density at radius 1 is 1.47 bits per heavy atom. The first-order valence-electron chi connectivity index (χ1n) is 5.68. The standard InChI is InChI=1S/C13H20N4/c1-10-5-11(7-14)6-12(16-10)17(4)9-13(2,3)8-15/h5-6H,8-9,15H2,1-4H3. The van der Waals surface area contributed by atoms with E-state index in [2.05, 4.69) is 24.9 Å². The molecule has 0 unspecified atom stereocenters. The lowest BCUT2D eigenvalue weighted by atomic mass is 9.93. The number of pyridine rings is 1. The lowest BCUT2D eigenvalue weighted by molar-refractivity contribution is 0.384. The normalized spacial score (nSPS) is 11.1. The van der Waals surface area contributed by atoms with Gasteiger partial charge in [0.25, 0.3) is 0 Å². The summed E-state index contributed by atoms with van der Waals surface area (Å²) in [7, 11) is 1.97. The van der Waals surface area contributed by atoms with Crippen molar-refractivity contribution < 1.29 is 0 Å². The molecule has 0 fully saturated rings. The number of nitriles is 1. The molecular weight excluding hydrogens is 212 g/mol. The van der Waals surface area contributed by atoms with Gasteiger partial charge in [-0.3, -0.25) is 0 Å². The number of rotatable bonds is 4. The molecule has 0 saturated carbocycles. The predicted octanol–water partition coefficient (Wildman–Crippen LogP) is 1.68. The first-order chi connectivity index (χ1) is 7.88. The molecule has 1 aromatic heterocycles. The largest absolute Gasteiger partial charge is 0.359 e. The zero-order valence-electron chi connectivity index (χ0n) is 11.0. The number of nitrogens with zero attached hydrogens (tertiary/aromatic N) is 3. The van der Waals surface area contributed by atoms with Crippen LogP contribution in [0.1, 0.15) is 25.1 Å². The Balaban J connectivity index is 2.93. The number of hydrogen-bond donors (Lipinski definition) is 1. The van der Waals surface area contributed by atoms with Crippen LogP contribution in [0.15, 0.2) is 12.1 Å². The average molecular weight is 232 g/mol. The van der Waals surface area contributed by atoms with E-state index in [1.807, 2.05) is 18.9 Å². The molecule has 17 heavy (non-hydrogen) atoms. The summed E-state index contributed by atoms with van der Waals surface area (Å²) in [6.07, 6.45) is 0. The highest BCUT2D eigenvalue weighted by molar-refractivity contribution is 5.46. The minimum Gasteiger partial charge on any atom is -0.359 e. The average Bonchev–Trinajstić information content (AvgIpc) is 2.27. The van der Waals surface area contributed by atoms with Crippen molar-refractivity contribution in [1.82, 2.24) is 4.98 Å². The van der Waals surface area contributed by atoms with Gasteiger partial charge in [0, 0.05) is 19.3 Å². The number of anilines is 1. The predicted molar refractivity (Wildman–Crippen MR) is 69.8 cm³/mol. The van der Waals surface area contributed by atoms with Crippen LogP contribution in [0.25, 0.3) is 0 Å². The van der Waals surface area contributed by atoms with E-state index in [1.165, 1.54) is 0 Å². The lowest BCUT2D eigenvalue weighted by Crippen LogP contribution is -2.37. The maximum Gasteiger partial charge on any atom is 0.129 e. The van der Waals surface area contributed by atoms with Crippen molar-refractivity contribution >= 4 is 5.82 Å². The van der Waals surface area contributed by atoms with Crippen molar-refractivity contribution in [2.75, 3.05) is 25.0 Å². The number of hydrogen-bond acceptors (Lipinski definition) is 4. The van der Waals surface area contributed by atoms with Crippen molar-refractivity contribution in [3.8, 4) is 6.07 Å². The number of aromatic nitrogens is 1. The minimum atomic E-state index is 0.0347. The SMILES string of the molecule is Cc1cc(C#N)cc(N(C)CC(C)(C)CN)n1. The van der Waals surface area contributed by atoms with Crippen LogP contribution < -0.4 is 10.6 Å². The van der Waals surface area contributed by atoms with Crippen LogP contribution in [0.2, 0.25) is 0 Å². The molecule has 1 rings (SSSR count). The van der Waals surface area contributed by atoms with E-state index in [9.17, 15) is 0 Å². The smallest absolute Gasteiger partial charge is 0.129 e. The van der Waals surface area contributed by atoms with Crippen molar-refractivity contribution in [2.45, 2.75) is 20.8 Å². The maximum atomic E-state index is 8.93. The molecule has 4 nitrogen and oxygen atoms in total. The highest BCUT2D eigenvalue weighted by Gasteiger charge is 2.19. The van der Waals surface area contributed by atoms with Crippen LogP contribution in [-0.4, -0.2) is 25.1 Å². The van der Waals surface area contributed by atoms with Crippen LogP contribution in [0.3, 0.4) is 0 Å². The molecule has 0 saturated heterocycles. The molecule has 0 aliphatic heterocycles. The maximum absolute atomic E-state index is 8.93. The van der Waals surface area contributed by atoms with E-state index >= 15 is 0 Å². The molecule has 0 aliphatic rings. The molecule has 0 atom stereocenters. The zero-order valence-corrected chi connectivity index (χ0v) is 11.0. The molecule has 0 radical (unpaired) electrons. The molecule has 0 bridgehead atoms. The molecule has 2 N–H and O–H groups in total. The summed E-state index contributed by atoms with van der Waals surface area (Å²) < 4.78 is 0. The summed E-state index contributed by atoms with van der Waals surface area (Å²) in [6, 6.07) is 5.74. The molecule has 4 heteroatoms. The van der Waals surface area contributed by atoms with Crippen LogP contribution >= 0.6 is 0 Å². The highest BCUT2D eigenvalue weighted by atomic mass is 15.2. The Hall–Kier alpha value is -1.60. The highest BCUT2D eigenvalue weighted by Crippen LogP contribution is 2.19. The van der Waals surface area contributed by atoms with E-state index in [4.69, 9.17) is 11.0 Å². The second-order valence-electron chi connectivity index (χ2n) is 5.19. The summed E-state index contributed by atoms with van der Waals surface area (Å²) >= 11 is 0. The Bertz CT molecular complexity index is 432. The fourth-order valence-corrected chi connectivity index (χ4v) is 1.70. The second kappa shape index (κ2) is 5.15. The van der Waals surface area contributed by atoms with Gasteiger partial charge >= 0.3 is 0 Å². The van der Waals surface area contributed by atoms with Gasteiger partial charge < -0.3 is 10.6 Å². The Labute approximate surface area is 103 Å². The molecule has 0 aromatic carbocycles. The van der Waals surface area contributed by atoms with Gasteiger partial charge in [0.15, 0.2) is 0 Å². The third kappa shape index (κ3) is 3.72. The second-order valence-corrected chi connectivity index (χ2v) is 5.19. The van der Waals surface area contributed by atoms with Crippen molar-refractivity contribution in [3.05, 3.63) is 23.4 Å². The van der Waals surface area contributed by atoms with Crippen LogP contribution in [0.5, 0.6) is 0 Å². The quantitative estimate of drug-likeness (QED) is 0.857. The molecule has 92 valence electrons.